The number of nitrogens with zero attached hydrogens (tertiary/aromatic N) is 5. The van der Waals surface area contributed by atoms with Gasteiger partial charge in [-0.05, 0) is 12.8 Å². The average molecular weight is 348 g/mol. The largest absolute Gasteiger partial charge is 0.481 e. The first-order chi connectivity index (χ1) is 11.9. The minimum atomic E-state index is -0.828. The van der Waals surface area contributed by atoms with E-state index in [-0.39, 0.29) is 12.3 Å². The number of carbonyl (C=O) groups is 2. The molecule has 3 rings (SSSR count). The summed E-state index contributed by atoms with van der Waals surface area (Å²) in [4.78, 5) is 31.7. The number of carbonyl (C=O) groups excluding carboxylic acids is 1. The van der Waals surface area contributed by atoms with Gasteiger partial charge in [0.15, 0.2) is 0 Å². The van der Waals surface area contributed by atoms with Gasteiger partial charge in [0.05, 0.1) is 19.2 Å². The van der Waals surface area contributed by atoms with Gasteiger partial charge in [0, 0.05) is 45.5 Å². The Bertz CT molecular complexity index is 688. The van der Waals surface area contributed by atoms with E-state index < -0.39 is 11.5 Å². The van der Waals surface area contributed by atoms with Crippen LogP contribution in [0.15, 0.2) is 17.4 Å². The van der Waals surface area contributed by atoms with Gasteiger partial charge in [-0.25, -0.2) is 4.99 Å². The summed E-state index contributed by atoms with van der Waals surface area (Å²) in [5.41, 5.74) is 0.427. The molecule has 1 fully saturated rings. The molecular weight excluding hydrogens is 324 g/mol. The van der Waals surface area contributed by atoms with Crippen LogP contribution in [0.5, 0.6) is 0 Å². The second-order valence-electron chi connectivity index (χ2n) is 6.85. The van der Waals surface area contributed by atoms with E-state index in [1.54, 1.807) is 10.9 Å². The van der Waals surface area contributed by atoms with Crippen molar-refractivity contribution >= 4 is 17.8 Å². The highest BCUT2D eigenvalue weighted by Gasteiger charge is 2.46. The van der Waals surface area contributed by atoms with Crippen LogP contribution in [0.4, 0.5) is 0 Å². The van der Waals surface area contributed by atoms with E-state index in [0.717, 1.165) is 25.2 Å². The van der Waals surface area contributed by atoms with Gasteiger partial charge in [-0.15, -0.1) is 0 Å². The van der Waals surface area contributed by atoms with Crippen LogP contribution >= 0.6 is 0 Å². The molecule has 1 amide bonds. The molecule has 136 valence electrons. The molecule has 2 N–H and O–H groups in total. The molecule has 1 saturated heterocycles. The number of nitrogens with one attached hydrogen (secondary N) is 1. The number of aliphatic imine (C=N–C) groups is 1. The minimum absolute atomic E-state index is 0.00246. The number of aliphatic carboxylic acids is 1. The summed E-state index contributed by atoms with van der Waals surface area (Å²) < 4.78 is 1.66. The number of hydrogen-bond acceptors (Lipinski definition) is 6. The fraction of sp³-hybridized carbons (Fsp3) is 0.625. The number of carboxylic acid groups (broad SMARTS) is 1. The lowest BCUT2D eigenvalue weighted by Crippen LogP contribution is -2.49. The van der Waals surface area contributed by atoms with E-state index >= 15 is 0 Å². The number of hydrogen-bond donors (Lipinski definition) is 2. The number of likely N-dealkylation sites (tertiary alicyclic amines) is 1. The van der Waals surface area contributed by atoms with Crippen LogP contribution in [-0.2, 0) is 22.7 Å². The van der Waals surface area contributed by atoms with Crippen molar-refractivity contribution in [3.63, 3.8) is 0 Å². The molecule has 9 nitrogen and oxygen atoms in total. The Morgan fingerprint density at radius 2 is 2.12 bits per heavy atom. The first-order valence-electron chi connectivity index (χ1n) is 8.42. The molecule has 0 aliphatic carbocycles. The van der Waals surface area contributed by atoms with Crippen molar-refractivity contribution in [2.75, 3.05) is 27.2 Å². The number of aryl methyl sites for hydroxylation is 1. The van der Waals surface area contributed by atoms with E-state index in [1.807, 2.05) is 25.2 Å². The SMILES string of the molecule is CN(C)C1=NC2(CCN(Cc3cnn(CCC(=O)O)c3)CC2)C(=O)N1. The summed E-state index contributed by atoms with van der Waals surface area (Å²) in [7, 11) is 3.74. The van der Waals surface area contributed by atoms with Gasteiger partial charge < -0.3 is 10.0 Å². The summed E-state index contributed by atoms with van der Waals surface area (Å²) in [5.74, 6) is -0.193. The van der Waals surface area contributed by atoms with Gasteiger partial charge in [0.25, 0.3) is 5.91 Å². The fourth-order valence-corrected chi connectivity index (χ4v) is 3.21. The van der Waals surface area contributed by atoms with E-state index in [9.17, 15) is 9.59 Å². The Kier molecular flexibility index (Phi) is 4.76. The van der Waals surface area contributed by atoms with Crippen LogP contribution in [0.25, 0.3) is 0 Å². The first kappa shape index (κ1) is 17.4. The van der Waals surface area contributed by atoms with Crippen LogP contribution in [0.2, 0.25) is 0 Å². The number of rotatable bonds is 5. The summed E-state index contributed by atoms with van der Waals surface area (Å²) in [6, 6.07) is 0. The first-order valence-corrected chi connectivity index (χ1v) is 8.42. The average Bonchev–Trinajstić information content (AvgIpc) is 3.13. The third kappa shape index (κ3) is 3.81. The van der Waals surface area contributed by atoms with Crippen LogP contribution in [-0.4, -0.2) is 75.2 Å². The maximum atomic E-state index is 12.3. The maximum absolute atomic E-state index is 12.3. The van der Waals surface area contributed by atoms with Gasteiger partial charge in [0.1, 0.15) is 5.54 Å². The van der Waals surface area contributed by atoms with Gasteiger partial charge >= 0.3 is 5.97 Å². The second kappa shape index (κ2) is 6.83. The highest BCUT2D eigenvalue weighted by Crippen LogP contribution is 2.30. The molecule has 1 aromatic heterocycles. The Morgan fingerprint density at radius 3 is 2.72 bits per heavy atom. The predicted octanol–water partition coefficient (Wildman–Crippen LogP) is -0.260. The Morgan fingerprint density at radius 1 is 1.40 bits per heavy atom. The van der Waals surface area contributed by atoms with Crippen molar-refractivity contribution in [1.82, 2.24) is 24.9 Å². The fourth-order valence-electron chi connectivity index (χ4n) is 3.21. The summed E-state index contributed by atoms with van der Waals surface area (Å²) in [5, 5.41) is 15.8. The molecule has 0 radical (unpaired) electrons. The minimum Gasteiger partial charge on any atom is -0.481 e. The lowest BCUT2D eigenvalue weighted by atomic mass is 9.88. The number of aromatic nitrogens is 2. The van der Waals surface area contributed by atoms with Crippen molar-refractivity contribution in [3.05, 3.63) is 18.0 Å². The number of piperidine rings is 1. The zero-order valence-electron chi connectivity index (χ0n) is 14.6. The number of carboxylic acids is 1. The lowest BCUT2D eigenvalue weighted by Gasteiger charge is -2.35. The molecule has 0 aromatic carbocycles. The molecule has 1 spiro atoms. The van der Waals surface area contributed by atoms with E-state index in [4.69, 9.17) is 5.11 Å². The van der Waals surface area contributed by atoms with E-state index in [2.05, 4.69) is 20.3 Å². The van der Waals surface area contributed by atoms with Gasteiger partial charge in [-0.1, -0.05) is 0 Å². The second-order valence-corrected chi connectivity index (χ2v) is 6.85. The van der Waals surface area contributed by atoms with Crippen LogP contribution in [0, 0.1) is 0 Å². The smallest absolute Gasteiger partial charge is 0.305 e. The molecule has 2 aliphatic rings. The third-order valence-electron chi connectivity index (χ3n) is 4.72. The molecule has 1 aromatic rings. The van der Waals surface area contributed by atoms with Gasteiger partial charge in [-0.2, -0.15) is 5.10 Å². The molecule has 0 unspecified atom stereocenters. The van der Waals surface area contributed by atoms with Crippen molar-refractivity contribution < 1.29 is 14.7 Å². The molecular formula is C16H24N6O3. The topological polar surface area (TPSA) is 103 Å². The van der Waals surface area contributed by atoms with Crippen molar-refractivity contribution in [1.29, 1.82) is 0 Å². The van der Waals surface area contributed by atoms with Crippen LogP contribution < -0.4 is 5.32 Å². The van der Waals surface area contributed by atoms with E-state index in [1.165, 1.54) is 0 Å². The zero-order chi connectivity index (χ0) is 18.0. The summed E-state index contributed by atoms with van der Waals surface area (Å²) in [6.45, 7) is 2.70. The van der Waals surface area contributed by atoms with Crippen LogP contribution in [0.3, 0.4) is 0 Å². The number of guanidine groups is 1. The van der Waals surface area contributed by atoms with Crippen molar-refractivity contribution in [3.8, 4) is 0 Å². The molecule has 9 heteroatoms. The molecule has 0 atom stereocenters. The molecule has 2 aliphatic heterocycles. The highest BCUT2D eigenvalue weighted by molar-refractivity contribution is 6.07. The maximum Gasteiger partial charge on any atom is 0.305 e. The van der Waals surface area contributed by atoms with Crippen molar-refractivity contribution in [2.45, 2.75) is 37.9 Å². The van der Waals surface area contributed by atoms with Gasteiger partial charge in [0.2, 0.25) is 5.96 Å². The summed E-state index contributed by atoms with van der Waals surface area (Å²) in [6.07, 6.45) is 5.12. The number of amides is 1. The Labute approximate surface area is 146 Å². The predicted molar refractivity (Wildman–Crippen MR) is 91.0 cm³/mol. The Balaban J connectivity index is 1.55. The zero-order valence-corrected chi connectivity index (χ0v) is 14.6. The normalized spacial score (nSPS) is 19.8. The molecule has 25 heavy (non-hydrogen) atoms. The summed E-state index contributed by atoms with van der Waals surface area (Å²) >= 11 is 0. The highest BCUT2D eigenvalue weighted by atomic mass is 16.4. The molecule has 0 saturated carbocycles. The van der Waals surface area contributed by atoms with Gasteiger partial charge in [-0.3, -0.25) is 24.5 Å². The standard InChI is InChI=1S/C16H24N6O3/c1-20(2)15-18-14(25)16(19-15)4-7-21(8-5-16)10-12-9-17-22(11-12)6-3-13(23)24/h9,11H,3-8,10H2,1-2H3,(H,23,24)(H,18,19,25). The quantitative estimate of drug-likeness (QED) is 0.760. The third-order valence-corrected chi connectivity index (χ3v) is 4.72. The monoisotopic (exact) mass is 348 g/mol. The Hall–Kier alpha value is -2.42. The lowest BCUT2D eigenvalue weighted by molar-refractivity contribution is -0.137. The molecule has 0 bridgehead atoms. The molecule has 3 heterocycles. The van der Waals surface area contributed by atoms with Crippen LogP contribution in [0.1, 0.15) is 24.8 Å². The van der Waals surface area contributed by atoms with Crippen molar-refractivity contribution in [2.24, 2.45) is 4.99 Å². The van der Waals surface area contributed by atoms with E-state index in [0.29, 0.717) is 25.3 Å².